The van der Waals surface area contributed by atoms with Crippen molar-refractivity contribution in [3.63, 3.8) is 0 Å². The number of ketones is 1. The van der Waals surface area contributed by atoms with Gasteiger partial charge in [0.1, 0.15) is 17.5 Å². The number of carboxylic acid groups (broad SMARTS) is 1. The zero-order valence-electron chi connectivity index (χ0n) is 18.3. The lowest BCUT2D eigenvalue weighted by molar-refractivity contribution is -0.147. The third-order valence-electron chi connectivity index (χ3n) is 5.59. The number of halogens is 2. The molecule has 1 aromatic heterocycles. The molecule has 6 nitrogen and oxygen atoms in total. The second-order valence-corrected chi connectivity index (χ2v) is 8.47. The number of aryl methyl sites for hydroxylation is 1. The fourth-order valence-corrected chi connectivity index (χ4v) is 3.48. The molecular weight excluding hydrogens is 430 g/mol. The lowest BCUT2D eigenvalue weighted by Gasteiger charge is -2.18. The topological polar surface area (TPSA) is 102 Å². The number of nitrogen functional groups attached to an aromatic ring is 1. The predicted molar refractivity (Wildman–Crippen MR) is 121 cm³/mol. The average molecular weight is 454 g/mol. The lowest BCUT2D eigenvalue weighted by atomic mass is 9.87. The van der Waals surface area contributed by atoms with Crippen LogP contribution < -0.4 is 11.3 Å². The average Bonchev–Trinajstić information content (AvgIpc) is 2.74. The smallest absolute Gasteiger partial charge is 0.309 e. The maximum absolute atomic E-state index is 14.1. The van der Waals surface area contributed by atoms with Gasteiger partial charge in [-0.1, -0.05) is 12.1 Å². The van der Waals surface area contributed by atoms with E-state index in [1.54, 1.807) is 38.1 Å². The number of rotatable bonds is 8. The van der Waals surface area contributed by atoms with Crippen molar-refractivity contribution < 1.29 is 23.5 Å². The van der Waals surface area contributed by atoms with E-state index >= 15 is 0 Å². The first-order chi connectivity index (χ1) is 15.5. The number of anilines is 1. The summed E-state index contributed by atoms with van der Waals surface area (Å²) >= 11 is 0. The number of aromatic nitrogens is 1. The van der Waals surface area contributed by atoms with Gasteiger partial charge in [-0.05, 0) is 69.0 Å². The molecule has 0 bridgehead atoms. The Morgan fingerprint density at radius 2 is 1.64 bits per heavy atom. The molecule has 33 heavy (non-hydrogen) atoms. The van der Waals surface area contributed by atoms with Gasteiger partial charge >= 0.3 is 5.97 Å². The summed E-state index contributed by atoms with van der Waals surface area (Å²) < 4.78 is 28.4. The molecular formula is C25H24F2N2O4. The van der Waals surface area contributed by atoms with Gasteiger partial charge in [-0.15, -0.1) is 0 Å². The van der Waals surface area contributed by atoms with Gasteiger partial charge in [-0.25, -0.2) is 8.78 Å². The van der Waals surface area contributed by atoms with Crippen molar-refractivity contribution in [3.8, 4) is 5.69 Å². The number of carbonyl (C=O) groups is 2. The highest BCUT2D eigenvalue weighted by atomic mass is 19.1. The maximum atomic E-state index is 14.1. The molecule has 0 saturated carbocycles. The van der Waals surface area contributed by atoms with Crippen LogP contribution in [0.5, 0.6) is 0 Å². The minimum atomic E-state index is -1.02. The van der Waals surface area contributed by atoms with Crippen molar-refractivity contribution in [3.05, 3.63) is 93.3 Å². The second-order valence-electron chi connectivity index (χ2n) is 8.47. The molecule has 8 heteroatoms. The molecule has 0 fully saturated rings. The second kappa shape index (κ2) is 9.36. The fraction of sp³-hybridized carbons (Fsp3) is 0.240. The van der Waals surface area contributed by atoms with E-state index in [1.165, 1.54) is 6.07 Å². The molecule has 0 aliphatic heterocycles. The Morgan fingerprint density at radius 1 is 1.00 bits per heavy atom. The van der Waals surface area contributed by atoms with E-state index in [0.717, 1.165) is 28.3 Å². The third-order valence-corrected chi connectivity index (χ3v) is 5.59. The van der Waals surface area contributed by atoms with E-state index in [-0.39, 0.29) is 16.9 Å². The number of carbonyl (C=O) groups excluding carboxylic acids is 1. The summed E-state index contributed by atoms with van der Waals surface area (Å²) in [5, 5.41) is 9.21. The van der Waals surface area contributed by atoms with Crippen molar-refractivity contribution in [2.45, 2.75) is 33.1 Å². The highest BCUT2D eigenvalue weighted by Crippen LogP contribution is 2.24. The fourth-order valence-electron chi connectivity index (χ4n) is 3.48. The zero-order valence-corrected chi connectivity index (χ0v) is 18.3. The molecule has 3 aromatic rings. The molecule has 0 unspecified atom stereocenters. The van der Waals surface area contributed by atoms with Crippen LogP contribution in [0.2, 0.25) is 0 Å². The SMILES string of the molecule is CC(C)(CCCc1ccc(-n2c(N)c(C(=O)c3ccc(F)cc3F)ccc2=O)cc1)C(=O)O. The monoisotopic (exact) mass is 454 g/mol. The number of benzene rings is 2. The molecule has 2 aromatic carbocycles. The lowest BCUT2D eigenvalue weighted by Crippen LogP contribution is -2.24. The highest BCUT2D eigenvalue weighted by Gasteiger charge is 2.26. The summed E-state index contributed by atoms with van der Waals surface area (Å²) in [5.41, 5.74) is 5.77. The normalized spacial score (nSPS) is 11.4. The molecule has 0 atom stereocenters. The van der Waals surface area contributed by atoms with Gasteiger partial charge in [-0.3, -0.25) is 19.0 Å². The first kappa shape index (κ1) is 23.8. The minimum Gasteiger partial charge on any atom is -0.481 e. The molecule has 0 aliphatic carbocycles. The molecule has 0 aliphatic rings. The van der Waals surface area contributed by atoms with Crippen LogP contribution in [0.4, 0.5) is 14.6 Å². The van der Waals surface area contributed by atoms with Crippen LogP contribution in [0, 0.1) is 17.0 Å². The Kier molecular flexibility index (Phi) is 6.76. The Balaban J connectivity index is 1.86. The van der Waals surface area contributed by atoms with Crippen molar-refractivity contribution in [2.75, 3.05) is 5.73 Å². The standard InChI is InChI=1S/C25H24F2N2O4/c1-25(2,24(32)33)13-3-4-15-5-8-17(9-6-15)29-21(30)12-11-19(23(29)28)22(31)18-10-7-16(26)14-20(18)27/h5-12,14H,3-4,13,28H2,1-2H3,(H,32,33). The molecule has 0 radical (unpaired) electrons. The quantitative estimate of drug-likeness (QED) is 0.493. The maximum Gasteiger partial charge on any atom is 0.309 e. The van der Waals surface area contributed by atoms with Gasteiger partial charge in [0.2, 0.25) is 0 Å². The summed E-state index contributed by atoms with van der Waals surface area (Å²) in [5.74, 6) is -3.60. The van der Waals surface area contributed by atoms with Gasteiger partial charge in [0, 0.05) is 12.1 Å². The minimum absolute atomic E-state index is 0.0833. The first-order valence-corrected chi connectivity index (χ1v) is 10.4. The van der Waals surface area contributed by atoms with Crippen molar-refractivity contribution in [1.82, 2.24) is 4.57 Å². The summed E-state index contributed by atoms with van der Waals surface area (Å²) in [6, 6.07) is 11.9. The summed E-state index contributed by atoms with van der Waals surface area (Å²) in [6.07, 6.45) is 1.85. The van der Waals surface area contributed by atoms with Crippen LogP contribution >= 0.6 is 0 Å². The Morgan fingerprint density at radius 3 is 2.24 bits per heavy atom. The van der Waals surface area contributed by atoms with Gasteiger partial charge < -0.3 is 10.8 Å². The van der Waals surface area contributed by atoms with Crippen molar-refractivity contribution in [1.29, 1.82) is 0 Å². The molecule has 0 saturated heterocycles. The largest absolute Gasteiger partial charge is 0.481 e. The summed E-state index contributed by atoms with van der Waals surface area (Å²) in [7, 11) is 0. The molecule has 0 amide bonds. The van der Waals surface area contributed by atoms with E-state index < -0.39 is 34.4 Å². The van der Waals surface area contributed by atoms with Crippen molar-refractivity contribution >= 4 is 17.6 Å². The van der Waals surface area contributed by atoms with Gasteiger partial charge in [0.05, 0.1) is 22.2 Å². The van der Waals surface area contributed by atoms with Crippen LogP contribution in [0.3, 0.4) is 0 Å². The highest BCUT2D eigenvalue weighted by molar-refractivity contribution is 6.11. The number of nitrogens with zero attached hydrogens (tertiary/aromatic N) is 1. The number of hydrogen-bond acceptors (Lipinski definition) is 4. The van der Waals surface area contributed by atoms with Crippen LogP contribution in [0.15, 0.2) is 59.4 Å². The molecule has 3 N–H and O–H groups in total. The molecule has 3 rings (SSSR count). The number of carboxylic acids is 1. The van der Waals surface area contributed by atoms with E-state index in [0.29, 0.717) is 31.0 Å². The van der Waals surface area contributed by atoms with E-state index in [2.05, 4.69) is 0 Å². The first-order valence-electron chi connectivity index (χ1n) is 10.4. The van der Waals surface area contributed by atoms with E-state index in [9.17, 15) is 28.3 Å². The molecule has 0 spiro atoms. The number of pyridine rings is 1. The Hall–Kier alpha value is -3.81. The summed E-state index contributed by atoms with van der Waals surface area (Å²) in [6.45, 7) is 3.36. The number of nitrogens with two attached hydrogens (primary N) is 1. The number of aliphatic carboxylic acids is 1. The predicted octanol–water partition coefficient (Wildman–Crippen LogP) is 4.36. The molecule has 172 valence electrons. The van der Waals surface area contributed by atoms with E-state index in [1.807, 2.05) is 0 Å². The Bertz CT molecular complexity index is 1260. The van der Waals surface area contributed by atoms with E-state index in [4.69, 9.17) is 5.73 Å². The van der Waals surface area contributed by atoms with Crippen LogP contribution in [-0.2, 0) is 11.2 Å². The van der Waals surface area contributed by atoms with Crippen LogP contribution in [0.1, 0.15) is 48.2 Å². The number of hydrogen-bond donors (Lipinski definition) is 2. The zero-order chi connectivity index (χ0) is 24.3. The van der Waals surface area contributed by atoms with Crippen LogP contribution in [0.25, 0.3) is 5.69 Å². The van der Waals surface area contributed by atoms with Crippen molar-refractivity contribution in [2.24, 2.45) is 5.41 Å². The summed E-state index contributed by atoms with van der Waals surface area (Å²) in [4.78, 5) is 36.5. The third kappa shape index (κ3) is 5.16. The van der Waals surface area contributed by atoms with Crippen LogP contribution in [-0.4, -0.2) is 21.4 Å². The van der Waals surface area contributed by atoms with Gasteiger partial charge in [0.15, 0.2) is 5.78 Å². The Labute approximate surface area is 189 Å². The van der Waals surface area contributed by atoms with Gasteiger partial charge in [-0.2, -0.15) is 0 Å². The van der Waals surface area contributed by atoms with Gasteiger partial charge in [0.25, 0.3) is 5.56 Å². The molecule has 1 heterocycles.